The number of hydrogen-bond acceptors (Lipinski definition) is 4. The fourth-order valence-corrected chi connectivity index (χ4v) is 5.22. The smallest absolute Gasteiger partial charge is 0.251 e. The van der Waals surface area contributed by atoms with Gasteiger partial charge in [-0.05, 0) is 50.6 Å². The van der Waals surface area contributed by atoms with Crippen molar-refractivity contribution in [1.29, 1.82) is 0 Å². The molecule has 1 atom stereocenters. The third-order valence-corrected chi connectivity index (χ3v) is 6.62. The summed E-state index contributed by atoms with van der Waals surface area (Å²) >= 11 is 0. The molecule has 3 rings (SSSR count). The largest absolute Gasteiger partial charge is 0.346 e. The number of anilines is 1. The van der Waals surface area contributed by atoms with E-state index < -0.39 is 21.3 Å². The Morgan fingerprint density at radius 2 is 1.67 bits per heavy atom. The monoisotopic (exact) mass is 386 g/mol. The minimum Gasteiger partial charge on any atom is -0.346 e. The van der Waals surface area contributed by atoms with Crippen molar-refractivity contribution in [3.63, 3.8) is 0 Å². The Balaban J connectivity index is 1.78. The SMILES string of the molecule is CC(NC(=O)c1ccc(N2C(=O)C(C)(C)CS2(=O)=O)cc1)c1ccccc1. The summed E-state index contributed by atoms with van der Waals surface area (Å²) < 4.78 is 25.5. The van der Waals surface area contributed by atoms with Gasteiger partial charge in [0.25, 0.3) is 5.91 Å². The standard InChI is InChI=1S/C20H22N2O4S/c1-14(15-7-5-4-6-8-15)21-18(23)16-9-11-17(12-10-16)22-19(24)20(2,3)13-27(22,25)26/h4-12,14H,13H2,1-3H3,(H,21,23). The van der Waals surface area contributed by atoms with Crippen LogP contribution in [0, 0.1) is 5.41 Å². The maximum absolute atomic E-state index is 12.4. The molecule has 1 aliphatic rings. The van der Waals surface area contributed by atoms with Crippen molar-refractivity contribution in [3.8, 4) is 0 Å². The highest BCUT2D eigenvalue weighted by Gasteiger charge is 2.49. The molecule has 1 saturated heterocycles. The zero-order valence-electron chi connectivity index (χ0n) is 15.5. The summed E-state index contributed by atoms with van der Waals surface area (Å²) in [5.41, 5.74) is 0.668. The van der Waals surface area contributed by atoms with Crippen molar-refractivity contribution < 1.29 is 18.0 Å². The Morgan fingerprint density at radius 3 is 2.19 bits per heavy atom. The second-order valence-electron chi connectivity index (χ2n) is 7.36. The molecule has 6 nitrogen and oxygen atoms in total. The van der Waals surface area contributed by atoms with E-state index in [4.69, 9.17) is 0 Å². The molecule has 0 aromatic heterocycles. The van der Waals surface area contributed by atoms with Crippen molar-refractivity contribution in [3.05, 3.63) is 65.7 Å². The van der Waals surface area contributed by atoms with Crippen LogP contribution in [0.3, 0.4) is 0 Å². The van der Waals surface area contributed by atoms with Gasteiger partial charge in [-0.1, -0.05) is 30.3 Å². The molecule has 1 aliphatic heterocycles. The van der Waals surface area contributed by atoms with Gasteiger partial charge in [-0.25, -0.2) is 12.7 Å². The molecule has 1 heterocycles. The Bertz CT molecular complexity index is 967. The number of carbonyl (C=O) groups excluding carboxylic acids is 2. The van der Waals surface area contributed by atoms with Crippen molar-refractivity contribution in [2.24, 2.45) is 5.41 Å². The van der Waals surface area contributed by atoms with Crippen molar-refractivity contribution in [2.75, 3.05) is 10.1 Å². The lowest BCUT2D eigenvalue weighted by atomic mass is 9.95. The van der Waals surface area contributed by atoms with E-state index in [1.165, 1.54) is 24.3 Å². The summed E-state index contributed by atoms with van der Waals surface area (Å²) in [6, 6.07) is 15.4. The molecule has 2 aromatic carbocycles. The van der Waals surface area contributed by atoms with Gasteiger partial charge >= 0.3 is 0 Å². The van der Waals surface area contributed by atoms with Crippen LogP contribution < -0.4 is 9.62 Å². The highest BCUT2D eigenvalue weighted by molar-refractivity contribution is 7.94. The van der Waals surface area contributed by atoms with Crippen LogP contribution in [0.25, 0.3) is 0 Å². The first-order chi connectivity index (χ1) is 12.6. The average molecular weight is 386 g/mol. The molecule has 0 radical (unpaired) electrons. The third kappa shape index (κ3) is 3.73. The van der Waals surface area contributed by atoms with Gasteiger partial charge < -0.3 is 5.32 Å². The normalized spacial score (nSPS) is 18.9. The van der Waals surface area contributed by atoms with Gasteiger partial charge in [-0.15, -0.1) is 0 Å². The Labute approximate surface area is 159 Å². The van der Waals surface area contributed by atoms with Crippen LogP contribution in [0.15, 0.2) is 54.6 Å². The number of amides is 2. The van der Waals surface area contributed by atoms with Crippen LogP contribution in [-0.4, -0.2) is 26.0 Å². The number of hydrogen-bond donors (Lipinski definition) is 1. The molecule has 1 unspecified atom stereocenters. The molecule has 0 aliphatic carbocycles. The fraction of sp³-hybridized carbons (Fsp3) is 0.300. The lowest BCUT2D eigenvalue weighted by Crippen LogP contribution is -2.33. The average Bonchev–Trinajstić information content (AvgIpc) is 2.78. The van der Waals surface area contributed by atoms with Crippen LogP contribution in [0.1, 0.15) is 42.7 Å². The zero-order valence-corrected chi connectivity index (χ0v) is 16.3. The summed E-state index contributed by atoms with van der Waals surface area (Å²) in [6.45, 7) is 5.11. The van der Waals surface area contributed by atoms with Gasteiger partial charge in [-0.2, -0.15) is 0 Å². The van der Waals surface area contributed by atoms with Gasteiger partial charge in [0.05, 0.1) is 22.9 Å². The number of sulfonamides is 1. The van der Waals surface area contributed by atoms with Gasteiger partial charge in [0, 0.05) is 5.56 Å². The molecule has 1 N–H and O–H groups in total. The van der Waals surface area contributed by atoms with E-state index in [-0.39, 0.29) is 23.4 Å². The summed E-state index contributed by atoms with van der Waals surface area (Å²) in [5.74, 6) is -0.957. The molecule has 2 aromatic rings. The van der Waals surface area contributed by atoms with Crippen LogP contribution in [-0.2, 0) is 14.8 Å². The molecule has 7 heteroatoms. The molecular weight excluding hydrogens is 364 g/mol. The quantitative estimate of drug-likeness (QED) is 0.876. The number of benzene rings is 2. The second-order valence-corrected chi connectivity index (χ2v) is 9.18. The van der Waals surface area contributed by atoms with Crippen molar-refractivity contribution >= 4 is 27.5 Å². The summed E-state index contributed by atoms with van der Waals surface area (Å²) in [7, 11) is -3.70. The predicted molar refractivity (Wildman–Crippen MR) is 104 cm³/mol. The van der Waals surface area contributed by atoms with Gasteiger partial charge in [0.1, 0.15) is 0 Å². The van der Waals surface area contributed by atoms with E-state index in [2.05, 4.69) is 5.32 Å². The molecule has 142 valence electrons. The molecule has 0 saturated carbocycles. The Hall–Kier alpha value is -2.67. The van der Waals surface area contributed by atoms with Gasteiger partial charge in [0.15, 0.2) is 0 Å². The first-order valence-corrected chi connectivity index (χ1v) is 10.3. The highest BCUT2D eigenvalue weighted by atomic mass is 32.2. The minimum atomic E-state index is -3.70. The lowest BCUT2D eigenvalue weighted by Gasteiger charge is -2.18. The lowest BCUT2D eigenvalue weighted by molar-refractivity contribution is -0.123. The molecule has 0 spiro atoms. The van der Waals surface area contributed by atoms with Crippen LogP contribution >= 0.6 is 0 Å². The predicted octanol–water partition coefficient (Wildman–Crippen LogP) is 2.88. The number of rotatable bonds is 4. The maximum atomic E-state index is 12.4. The van der Waals surface area contributed by atoms with Crippen LogP contribution in [0.2, 0.25) is 0 Å². The number of nitrogens with zero attached hydrogens (tertiary/aromatic N) is 1. The number of nitrogens with one attached hydrogen (secondary N) is 1. The van der Waals surface area contributed by atoms with E-state index in [0.29, 0.717) is 5.56 Å². The first kappa shape index (κ1) is 19.1. The van der Waals surface area contributed by atoms with Gasteiger partial charge in [-0.3, -0.25) is 9.59 Å². The topological polar surface area (TPSA) is 83.6 Å². The van der Waals surface area contributed by atoms with E-state index in [9.17, 15) is 18.0 Å². The van der Waals surface area contributed by atoms with E-state index >= 15 is 0 Å². The van der Waals surface area contributed by atoms with E-state index in [1.54, 1.807) is 13.8 Å². The summed E-state index contributed by atoms with van der Waals surface area (Å²) in [5, 5.41) is 2.90. The maximum Gasteiger partial charge on any atom is 0.251 e. The Kier molecular flexibility index (Phi) is 4.82. The molecule has 2 amide bonds. The van der Waals surface area contributed by atoms with Crippen LogP contribution in [0.5, 0.6) is 0 Å². The minimum absolute atomic E-state index is 0.167. The van der Waals surface area contributed by atoms with Crippen LogP contribution in [0.4, 0.5) is 5.69 Å². The highest BCUT2D eigenvalue weighted by Crippen LogP contribution is 2.35. The van der Waals surface area contributed by atoms with Crippen molar-refractivity contribution in [2.45, 2.75) is 26.8 Å². The summed E-state index contributed by atoms with van der Waals surface area (Å²) in [4.78, 5) is 24.9. The third-order valence-electron chi connectivity index (χ3n) is 4.60. The second kappa shape index (κ2) is 6.81. The van der Waals surface area contributed by atoms with E-state index in [0.717, 1.165) is 9.87 Å². The van der Waals surface area contributed by atoms with Crippen molar-refractivity contribution in [1.82, 2.24) is 5.32 Å². The fourth-order valence-electron chi connectivity index (χ4n) is 3.11. The van der Waals surface area contributed by atoms with E-state index in [1.807, 2.05) is 37.3 Å². The summed E-state index contributed by atoms with van der Waals surface area (Å²) in [6.07, 6.45) is 0. The Morgan fingerprint density at radius 1 is 1.07 bits per heavy atom. The molecule has 1 fully saturated rings. The molecular formula is C20H22N2O4S. The first-order valence-electron chi connectivity index (χ1n) is 8.65. The number of carbonyl (C=O) groups is 2. The zero-order chi connectivity index (χ0) is 19.8. The molecule has 0 bridgehead atoms. The van der Waals surface area contributed by atoms with Gasteiger partial charge in [0.2, 0.25) is 15.9 Å². The molecule has 27 heavy (non-hydrogen) atoms.